The van der Waals surface area contributed by atoms with Crippen molar-refractivity contribution in [1.82, 2.24) is 0 Å². The lowest BCUT2D eigenvalue weighted by atomic mass is 9.65. The maximum absolute atomic E-state index is 13.2. The van der Waals surface area contributed by atoms with Crippen LogP contribution in [0.2, 0.25) is 0 Å². The highest BCUT2D eigenvalue weighted by atomic mass is 16.1. The Morgan fingerprint density at radius 2 is 1.62 bits per heavy atom. The lowest BCUT2D eigenvalue weighted by Gasteiger charge is -2.36. The molecule has 2 nitrogen and oxygen atoms in total. The Morgan fingerprint density at radius 3 is 2.50 bits per heavy atom. The lowest BCUT2D eigenvalue weighted by molar-refractivity contribution is 0.0928. The molecule has 0 spiro atoms. The Labute approximate surface area is 151 Å². The summed E-state index contributed by atoms with van der Waals surface area (Å²) in [6.45, 7) is 0. The van der Waals surface area contributed by atoms with Crippen molar-refractivity contribution in [3.05, 3.63) is 88.5 Å². The second kappa shape index (κ2) is 4.79. The highest BCUT2D eigenvalue weighted by Gasteiger charge is 2.41. The van der Waals surface area contributed by atoms with Crippen molar-refractivity contribution in [1.29, 1.82) is 0 Å². The summed E-state index contributed by atoms with van der Waals surface area (Å²) < 4.78 is 0. The number of hydrogen-bond acceptors (Lipinski definition) is 2. The van der Waals surface area contributed by atoms with Crippen molar-refractivity contribution in [2.24, 2.45) is 5.92 Å². The number of benzene rings is 2. The van der Waals surface area contributed by atoms with Crippen LogP contribution in [0.3, 0.4) is 0 Å². The zero-order valence-electron chi connectivity index (χ0n) is 14.2. The number of Topliss-reactive ketones (excluding diaryl/α,β-unsaturated/α-hetero) is 2. The van der Waals surface area contributed by atoms with E-state index in [1.807, 2.05) is 42.5 Å². The summed E-state index contributed by atoms with van der Waals surface area (Å²) in [4.78, 5) is 26.3. The van der Waals surface area contributed by atoms with Gasteiger partial charge in [-0.3, -0.25) is 9.59 Å². The third-order valence-electron chi connectivity index (χ3n) is 6.23. The Balaban J connectivity index is 1.75. The van der Waals surface area contributed by atoms with Gasteiger partial charge in [-0.15, -0.1) is 0 Å². The van der Waals surface area contributed by atoms with Crippen LogP contribution in [0.25, 0.3) is 16.7 Å². The Hall–Kier alpha value is -3.00. The van der Waals surface area contributed by atoms with Crippen LogP contribution in [0.4, 0.5) is 0 Å². The summed E-state index contributed by atoms with van der Waals surface area (Å²) in [6.07, 6.45) is 10.2. The van der Waals surface area contributed by atoms with Crippen molar-refractivity contribution in [2.45, 2.75) is 18.8 Å². The van der Waals surface area contributed by atoms with Crippen LogP contribution in [0.1, 0.15) is 50.6 Å². The Kier molecular flexibility index (Phi) is 2.62. The number of ketones is 2. The molecule has 0 heterocycles. The average Bonchev–Trinajstić information content (AvgIpc) is 2.70. The zero-order chi connectivity index (χ0) is 17.4. The van der Waals surface area contributed by atoms with Crippen LogP contribution in [-0.2, 0) is 0 Å². The van der Waals surface area contributed by atoms with E-state index in [0.29, 0.717) is 0 Å². The molecule has 2 aromatic rings. The van der Waals surface area contributed by atoms with Crippen molar-refractivity contribution in [3.63, 3.8) is 0 Å². The summed E-state index contributed by atoms with van der Waals surface area (Å²) in [5.41, 5.74) is 7.96. The van der Waals surface area contributed by atoms with Gasteiger partial charge in [0.25, 0.3) is 0 Å². The van der Waals surface area contributed by atoms with Crippen LogP contribution in [0.15, 0.2) is 66.3 Å². The summed E-state index contributed by atoms with van der Waals surface area (Å²) in [7, 11) is 0. The van der Waals surface area contributed by atoms with Gasteiger partial charge in [-0.1, -0.05) is 60.7 Å². The predicted octanol–water partition coefficient (Wildman–Crippen LogP) is 5.12. The molecule has 0 amide bonds. The van der Waals surface area contributed by atoms with Crippen molar-refractivity contribution < 1.29 is 9.59 Å². The van der Waals surface area contributed by atoms with Crippen LogP contribution in [0, 0.1) is 5.92 Å². The van der Waals surface area contributed by atoms with E-state index in [2.05, 4.69) is 18.2 Å². The first kappa shape index (κ1) is 14.2. The summed E-state index contributed by atoms with van der Waals surface area (Å²) in [6, 6.07) is 11.8. The second-order valence-corrected chi connectivity index (χ2v) is 7.46. The number of carbonyl (C=O) groups is 2. The topological polar surface area (TPSA) is 34.1 Å². The molecule has 0 fully saturated rings. The molecule has 2 atom stereocenters. The van der Waals surface area contributed by atoms with E-state index in [0.717, 1.165) is 57.4 Å². The van der Waals surface area contributed by atoms with E-state index in [1.165, 1.54) is 0 Å². The lowest BCUT2D eigenvalue weighted by Crippen LogP contribution is -2.29. The molecular weight excluding hydrogens is 320 g/mol. The molecule has 0 saturated carbocycles. The fraction of sp³-hybridized carbons (Fsp3) is 0.167. The van der Waals surface area contributed by atoms with E-state index in [9.17, 15) is 9.59 Å². The van der Waals surface area contributed by atoms with Gasteiger partial charge in [0.1, 0.15) is 0 Å². The van der Waals surface area contributed by atoms with Crippen molar-refractivity contribution in [2.75, 3.05) is 0 Å². The third-order valence-corrected chi connectivity index (χ3v) is 6.23. The smallest absolute Gasteiger partial charge is 0.174 e. The number of hydrogen-bond donors (Lipinski definition) is 0. The number of fused-ring (bicyclic) bond motifs is 3. The van der Waals surface area contributed by atoms with Crippen LogP contribution < -0.4 is 0 Å². The van der Waals surface area contributed by atoms with Gasteiger partial charge in [-0.05, 0) is 46.2 Å². The molecule has 0 aliphatic heterocycles. The molecule has 2 heteroatoms. The van der Waals surface area contributed by atoms with E-state index in [-0.39, 0.29) is 23.4 Å². The molecule has 0 N–H and O–H groups in total. The van der Waals surface area contributed by atoms with Gasteiger partial charge in [0.15, 0.2) is 11.6 Å². The fourth-order valence-electron chi connectivity index (χ4n) is 5.09. The number of rotatable bonds is 0. The molecule has 26 heavy (non-hydrogen) atoms. The molecule has 6 rings (SSSR count). The number of allylic oxidation sites excluding steroid dienone is 6. The first-order valence-electron chi connectivity index (χ1n) is 9.19. The standard InChI is InChI=1S/C24H16O2/c25-23-17-7-3-1-5-13(17)15-9-11-20-22-16(10-12-19(23)21(15)22)14-6-2-4-8-18(14)24(20)26/h1-3,5-7,9-12,18-19H,4,8H2. The fourth-order valence-corrected chi connectivity index (χ4v) is 5.09. The van der Waals surface area contributed by atoms with Crippen molar-refractivity contribution in [3.8, 4) is 11.1 Å². The van der Waals surface area contributed by atoms with Crippen molar-refractivity contribution >= 4 is 17.1 Å². The number of carbonyl (C=O) groups excluding carboxylic acids is 2. The highest BCUT2D eigenvalue weighted by molar-refractivity contribution is 6.17. The predicted molar refractivity (Wildman–Crippen MR) is 101 cm³/mol. The molecule has 4 aliphatic carbocycles. The Bertz CT molecular complexity index is 1130. The minimum atomic E-state index is -0.281. The second-order valence-electron chi connectivity index (χ2n) is 7.46. The monoisotopic (exact) mass is 336 g/mol. The SMILES string of the molecule is O=C1c2ccc3c4c2C(=C2C=CCCC12)C=CC4C(=O)c1ccccc1-3. The summed E-state index contributed by atoms with van der Waals surface area (Å²) >= 11 is 0. The largest absolute Gasteiger partial charge is 0.293 e. The summed E-state index contributed by atoms with van der Waals surface area (Å²) in [5.74, 6) is 0.0336. The molecule has 0 saturated heterocycles. The maximum Gasteiger partial charge on any atom is 0.174 e. The molecule has 0 radical (unpaired) electrons. The van der Waals surface area contributed by atoms with Crippen LogP contribution >= 0.6 is 0 Å². The van der Waals surface area contributed by atoms with Crippen LogP contribution in [-0.4, -0.2) is 11.6 Å². The first-order valence-corrected chi connectivity index (χ1v) is 9.19. The quantitative estimate of drug-likeness (QED) is 0.669. The molecule has 0 aromatic heterocycles. The van der Waals surface area contributed by atoms with E-state index >= 15 is 0 Å². The van der Waals surface area contributed by atoms with Gasteiger partial charge in [0.05, 0.1) is 5.92 Å². The zero-order valence-corrected chi connectivity index (χ0v) is 14.2. The first-order chi connectivity index (χ1) is 12.8. The highest BCUT2D eigenvalue weighted by Crippen LogP contribution is 2.51. The van der Waals surface area contributed by atoms with E-state index < -0.39 is 0 Å². The molecule has 0 bridgehead atoms. The minimum Gasteiger partial charge on any atom is -0.293 e. The van der Waals surface area contributed by atoms with Gasteiger partial charge >= 0.3 is 0 Å². The third kappa shape index (κ3) is 1.58. The van der Waals surface area contributed by atoms with E-state index in [1.54, 1.807) is 0 Å². The van der Waals surface area contributed by atoms with Gasteiger partial charge in [-0.25, -0.2) is 0 Å². The summed E-state index contributed by atoms with van der Waals surface area (Å²) in [5, 5.41) is 0. The van der Waals surface area contributed by atoms with Gasteiger partial charge in [-0.2, -0.15) is 0 Å². The molecular formula is C24H16O2. The molecule has 4 aliphatic rings. The van der Waals surface area contributed by atoms with Crippen LogP contribution in [0.5, 0.6) is 0 Å². The minimum absolute atomic E-state index is 0.0340. The average molecular weight is 336 g/mol. The van der Waals surface area contributed by atoms with E-state index in [4.69, 9.17) is 0 Å². The maximum atomic E-state index is 13.2. The molecule has 2 aromatic carbocycles. The normalized spacial score (nSPS) is 24.3. The Morgan fingerprint density at radius 1 is 0.808 bits per heavy atom. The molecule has 2 unspecified atom stereocenters. The molecule has 124 valence electrons. The van der Waals surface area contributed by atoms with Gasteiger partial charge < -0.3 is 0 Å². The van der Waals surface area contributed by atoms with Gasteiger partial charge in [0.2, 0.25) is 0 Å². The van der Waals surface area contributed by atoms with Gasteiger partial charge in [0, 0.05) is 17.0 Å².